The van der Waals surface area contributed by atoms with E-state index in [1.54, 1.807) is 12.1 Å². The lowest BCUT2D eigenvalue weighted by Gasteiger charge is -2.05. The minimum atomic E-state index is -0.212. The number of rotatable bonds is 3. The lowest BCUT2D eigenvalue weighted by atomic mass is 10.0. The van der Waals surface area contributed by atoms with E-state index in [9.17, 15) is 9.90 Å². The van der Waals surface area contributed by atoms with Gasteiger partial charge >= 0.3 is 0 Å². The number of allylic oxidation sites excluding steroid dienone is 1. The number of ketones is 1. The van der Waals surface area contributed by atoms with Crippen molar-refractivity contribution in [3.05, 3.63) is 96.1 Å². The summed E-state index contributed by atoms with van der Waals surface area (Å²) in [6.45, 7) is 0. The first-order valence-electron chi connectivity index (χ1n) is 8.15. The molecule has 0 aliphatic rings. The number of aromatic hydroxyl groups is 1. The summed E-state index contributed by atoms with van der Waals surface area (Å²) < 4.78 is 0. The number of carbonyl (C=O) groups is 1. The molecule has 0 bridgehead atoms. The number of hydrogen-bond donors (Lipinski definition) is 1. The summed E-state index contributed by atoms with van der Waals surface area (Å²) in [4.78, 5) is 12.6. The lowest BCUT2D eigenvalue weighted by molar-refractivity contribution is 0.104. The molecule has 0 unspecified atom stereocenters. The zero-order valence-electron chi connectivity index (χ0n) is 13.5. The van der Waals surface area contributed by atoms with Crippen LogP contribution >= 0.6 is 0 Å². The van der Waals surface area contributed by atoms with Crippen molar-refractivity contribution in [3.63, 3.8) is 0 Å². The van der Waals surface area contributed by atoms with Crippen LogP contribution in [0.5, 0.6) is 5.75 Å². The maximum atomic E-state index is 12.6. The van der Waals surface area contributed by atoms with E-state index in [0.29, 0.717) is 10.9 Å². The van der Waals surface area contributed by atoms with Crippen molar-refractivity contribution in [1.29, 1.82) is 0 Å². The van der Waals surface area contributed by atoms with Gasteiger partial charge in [-0.25, -0.2) is 0 Å². The van der Waals surface area contributed by atoms with Gasteiger partial charge in [-0.1, -0.05) is 78.9 Å². The molecule has 0 aliphatic carbocycles. The highest BCUT2D eigenvalue weighted by Gasteiger charge is 2.11. The number of fused-ring (bicyclic) bond motifs is 2. The van der Waals surface area contributed by atoms with E-state index in [2.05, 4.69) is 0 Å². The Labute approximate surface area is 145 Å². The number of phenols is 1. The smallest absolute Gasteiger partial charge is 0.189 e. The van der Waals surface area contributed by atoms with Crippen LogP contribution < -0.4 is 0 Å². The summed E-state index contributed by atoms with van der Waals surface area (Å²) in [6, 6.07) is 25.1. The molecular formula is C23H16O2. The minimum Gasteiger partial charge on any atom is -0.507 e. The number of hydrogen-bond acceptors (Lipinski definition) is 2. The van der Waals surface area contributed by atoms with E-state index in [4.69, 9.17) is 0 Å². The molecule has 0 heterocycles. The fraction of sp³-hybridized carbons (Fsp3) is 0. The van der Waals surface area contributed by atoms with E-state index in [1.807, 2.05) is 72.8 Å². The monoisotopic (exact) mass is 324 g/mol. The molecule has 0 spiro atoms. The van der Waals surface area contributed by atoms with Crippen molar-refractivity contribution in [2.24, 2.45) is 0 Å². The Kier molecular flexibility index (Phi) is 3.79. The van der Waals surface area contributed by atoms with Gasteiger partial charge in [-0.3, -0.25) is 4.79 Å². The van der Waals surface area contributed by atoms with Gasteiger partial charge in [-0.2, -0.15) is 0 Å². The lowest BCUT2D eigenvalue weighted by Crippen LogP contribution is -1.95. The highest BCUT2D eigenvalue weighted by atomic mass is 16.3. The Morgan fingerprint density at radius 2 is 1.36 bits per heavy atom. The largest absolute Gasteiger partial charge is 0.507 e. The highest BCUT2D eigenvalue weighted by molar-refractivity contribution is 6.12. The van der Waals surface area contributed by atoms with E-state index < -0.39 is 0 Å². The number of benzene rings is 4. The molecule has 0 fully saturated rings. The Balaban J connectivity index is 1.72. The van der Waals surface area contributed by atoms with Crippen molar-refractivity contribution in [2.45, 2.75) is 0 Å². The van der Waals surface area contributed by atoms with Crippen molar-refractivity contribution >= 4 is 33.4 Å². The molecule has 1 N–H and O–H groups in total. The van der Waals surface area contributed by atoms with Crippen LogP contribution in [-0.4, -0.2) is 10.9 Å². The molecule has 0 aliphatic heterocycles. The van der Waals surface area contributed by atoms with Crippen molar-refractivity contribution in [2.75, 3.05) is 0 Å². The summed E-state index contributed by atoms with van der Waals surface area (Å²) in [5.41, 5.74) is 1.29. The van der Waals surface area contributed by atoms with Crippen LogP contribution in [0.3, 0.4) is 0 Å². The quantitative estimate of drug-likeness (QED) is 0.394. The first kappa shape index (κ1) is 15.2. The fourth-order valence-electron chi connectivity index (χ4n) is 3.11. The van der Waals surface area contributed by atoms with Gasteiger partial charge in [0.25, 0.3) is 0 Å². The second-order valence-electron chi connectivity index (χ2n) is 5.95. The van der Waals surface area contributed by atoms with E-state index in [1.165, 1.54) is 6.08 Å². The third kappa shape index (κ3) is 2.79. The van der Waals surface area contributed by atoms with Gasteiger partial charge in [0.15, 0.2) is 5.78 Å². The molecule has 0 saturated carbocycles. The highest BCUT2D eigenvalue weighted by Crippen LogP contribution is 2.29. The van der Waals surface area contributed by atoms with Crippen LogP contribution in [0.2, 0.25) is 0 Å². The molecule has 120 valence electrons. The molecular weight excluding hydrogens is 308 g/mol. The molecule has 4 aromatic rings. The van der Waals surface area contributed by atoms with Crippen molar-refractivity contribution in [3.8, 4) is 5.75 Å². The van der Waals surface area contributed by atoms with Crippen LogP contribution in [-0.2, 0) is 0 Å². The predicted molar refractivity (Wildman–Crippen MR) is 103 cm³/mol. The second-order valence-corrected chi connectivity index (χ2v) is 5.95. The Hall–Kier alpha value is -3.39. The van der Waals surface area contributed by atoms with Gasteiger partial charge < -0.3 is 5.11 Å². The topological polar surface area (TPSA) is 37.3 Å². The van der Waals surface area contributed by atoms with Crippen LogP contribution in [0.25, 0.3) is 27.6 Å². The molecule has 4 aromatic carbocycles. The molecule has 0 saturated heterocycles. The van der Waals surface area contributed by atoms with Gasteiger partial charge in [0.1, 0.15) is 5.75 Å². The Morgan fingerprint density at radius 3 is 2.16 bits per heavy atom. The molecule has 0 radical (unpaired) electrons. The van der Waals surface area contributed by atoms with E-state index >= 15 is 0 Å². The average molecular weight is 324 g/mol. The summed E-state index contributed by atoms with van der Waals surface area (Å²) >= 11 is 0. The fourth-order valence-corrected chi connectivity index (χ4v) is 3.11. The Bertz CT molecular complexity index is 1120. The third-order valence-electron chi connectivity index (χ3n) is 4.40. The number of carbonyl (C=O) groups excluding carboxylic acids is 1. The third-order valence-corrected chi connectivity index (χ3v) is 4.40. The standard InChI is InChI=1S/C23H16O2/c24-22(21-14-12-18-7-2-4-11-20(18)23(21)25)15-13-17-9-5-8-16-6-1-3-10-19(16)17/h1-15,25H/b15-13-. The van der Waals surface area contributed by atoms with E-state index in [-0.39, 0.29) is 11.5 Å². The summed E-state index contributed by atoms with van der Waals surface area (Å²) in [5, 5.41) is 14.3. The minimum absolute atomic E-state index is 0.0330. The first-order chi connectivity index (χ1) is 12.2. The molecule has 25 heavy (non-hydrogen) atoms. The molecule has 0 atom stereocenters. The SMILES string of the molecule is O=C(/C=C\c1cccc2ccccc12)c1ccc2ccccc2c1O. The molecule has 2 nitrogen and oxygen atoms in total. The number of phenolic OH excluding ortho intramolecular Hbond substituents is 1. The van der Waals surface area contributed by atoms with Crippen LogP contribution in [0.15, 0.2) is 84.9 Å². The van der Waals surface area contributed by atoms with Crippen LogP contribution in [0, 0.1) is 0 Å². The maximum Gasteiger partial charge on any atom is 0.189 e. The summed E-state index contributed by atoms with van der Waals surface area (Å²) in [6.07, 6.45) is 3.32. The van der Waals surface area contributed by atoms with Gasteiger partial charge in [0, 0.05) is 5.39 Å². The Morgan fingerprint density at radius 1 is 0.720 bits per heavy atom. The van der Waals surface area contributed by atoms with Gasteiger partial charge in [-0.05, 0) is 33.9 Å². The first-order valence-corrected chi connectivity index (χ1v) is 8.15. The molecule has 0 amide bonds. The maximum absolute atomic E-state index is 12.6. The van der Waals surface area contributed by atoms with Crippen LogP contribution in [0.1, 0.15) is 15.9 Å². The zero-order valence-corrected chi connectivity index (χ0v) is 13.5. The molecule has 4 rings (SSSR count). The average Bonchev–Trinajstić information content (AvgIpc) is 2.66. The predicted octanol–water partition coefficient (Wildman–Crippen LogP) is 5.59. The van der Waals surface area contributed by atoms with Gasteiger partial charge in [0.05, 0.1) is 5.56 Å². The normalized spacial score (nSPS) is 11.4. The summed E-state index contributed by atoms with van der Waals surface area (Å²) in [7, 11) is 0. The van der Waals surface area contributed by atoms with Gasteiger partial charge in [0.2, 0.25) is 0 Å². The molecule has 2 heteroatoms. The molecule has 0 aromatic heterocycles. The van der Waals surface area contributed by atoms with Crippen molar-refractivity contribution < 1.29 is 9.90 Å². The van der Waals surface area contributed by atoms with Crippen LogP contribution in [0.4, 0.5) is 0 Å². The van der Waals surface area contributed by atoms with Crippen molar-refractivity contribution in [1.82, 2.24) is 0 Å². The van der Waals surface area contributed by atoms with E-state index in [0.717, 1.165) is 21.7 Å². The second kappa shape index (κ2) is 6.25. The summed E-state index contributed by atoms with van der Waals surface area (Å²) in [5.74, 6) is -0.179. The van der Waals surface area contributed by atoms with Gasteiger partial charge in [-0.15, -0.1) is 0 Å². The zero-order chi connectivity index (χ0) is 17.2.